The Bertz CT molecular complexity index is 1610. The number of benzene rings is 2. The lowest BCUT2D eigenvalue weighted by atomic mass is 9.86. The van der Waals surface area contributed by atoms with E-state index in [-0.39, 0.29) is 49.6 Å². The fourth-order valence-corrected chi connectivity index (χ4v) is 9.08. The number of amides is 2. The van der Waals surface area contributed by atoms with Gasteiger partial charge >= 0.3 is 0 Å². The summed E-state index contributed by atoms with van der Waals surface area (Å²) in [6.07, 6.45) is 0.890. The maximum Gasteiger partial charge on any atom is 0.243 e. The molecule has 5 rings (SSSR count). The van der Waals surface area contributed by atoms with Crippen molar-refractivity contribution in [2.45, 2.75) is 102 Å². The molecule has 2 N–H and O–H groups in total. The lowest BCUT2D eigenvalue weighted by Gasteiger charge is -2.43. The second-order valence-corrected chi connectivity index (χ2v) is 17.3. The second-order valence-electron chi connectivity index (χ2n) is 15.3. The molecule has 0 radical (unpaired) electrons. The fourth-order valence-electron chi connectivity index (χ4n) is 7.42. The van der Waals surface area contributed by atoms with E-state index in [0.29, 0.717) is 49.8 Å². The van der Waals surface area contributed by atoms with Crippen LogP contribution in [-0.4, -0.2) is 98.8 Å². The number of carbonyl (C=O) groups excluding carboxylic acids is 2. The number of aliphatic hydroxyl groups excluding tert-OH is 1. The lowest BCUT2D eigenvalue weighted by Crippen LogP contribution is -2.61. The Morgan fingerprint density at radius 2 is 1.79 bits per heavy atom. The molecule has 2 saturated heterocycles. The molecule has 0 bridgehead atoms. The minimum atomic E-state index is -4.23. The molecule has 2 aromatic rings. The average Bonchev–Trinajstić information content (AvgIpc) is 3.84. The van der Waals surface area contributed by atoms with E-state index in [1.165, 1.54) is 16.4 Å². The molecule has 0 saturated carbocycles. The standard InChI is InChI=1S/C38H55N3O10S/c1-26(2)19-35(43)39-17-10-6-9-16-38(3,4)24-40(52(46,47)28-13-14-33-34(21-28)51-25-50-33)22-32(42)30(20-27-11-7-5-8-12-27)41(37(44)45)31-23-49-36-29(31)15-18-48-36/h5,7-8,11-14,21,26,29-32,36,42H,6,9-10,15-20,22-25H2,1-4H3,(H,39,43)(H,44,45)/p-1/t29-,30-,31-,32+,36+/m0/s1. The van der Waals surface area contributed by atoms with Gasteiger partial charge in [-0.1, -0.05) is 70.9 Å². The summed E-state index contributed by atoms with van der Waals surface area (Å²) in [5.41, 5.74) is 0.252. The Balaban J connectivity index is 1.38. The predicted octanol–water partition coefficient (Wildman–Crippen LogP) is 3.53. The van der Waals surface area contributed by atoms with Crippen LogP contribution in [0.3, 0.4) is 0 Å². The van der Waals surface area contributed by atoms with Gasteiger partial charge in [-0.3, -0.25) is 4.79 Å². The zero-order valence-electron chi connectivity index (χ0n) is 30.7. The summed E-state index contributed by atoms with van der Waals surface area (Å²) in [5, 5.41) is 28.0. The van der Waals surface area contributed by atoms with Crippen molar-refractivity contribution in [3.63, 3.8) is 0 Å². The third-order valence-electron chi connectivity index (χ3n) is 10.1. The third kappa shape index (κ3) is 10.2. The van der Waals surface area contributed by atoms with Crippen LogP contribution in [0.2, 0.25) is 0 Å². The number of nitrogens with one attached hydrogen (secondary N) is 1. The first-order valence-corrected chi connectivity index (χ1v) is 19.8. The molecule has 2 fully saturated rings. The van der Waals surface area contributed by atoms with Crippen LogP contribution in [0.25, 0.3) is 0 Å². The quantitative estimate of drug-likeness (QED) is 0.203. The fraction of sp³-hybridized carbons (Fsp3) is 0.632. The molecule has 2 aromatic carbocycles. The Morgan fingerprint density at radius 3 is 2.52 bits per heavy atom. The highest BCUT2D eigenvalue weighted by Crippen LogP contribution is 2.38. The number of nitrogens with zero attached hydrogens (tertiary/aromatic N) is 2. The van der Waals surface area contributed by atoms with Crippen LogP contribution < -0.4 is 19.9 Å². The lowest BCUT2D eigenvalue weighted by molar-refractivity contribution is -0.273. The number of ether oxygens (including phenoxy) is 4. The minimum absolute atomic E-state index is 0.0201. The van der Waals surface area contributed by atoms with Crippen molar-refractivity contribution in [2.24, 2.45) is 17.3 Å². The van der Waals surface area contributed by atoms with E-state index in [9.17, 15) is 28.2 Å². The van der Waals surface area contributed by atoms with Crippen molar-refractivity contribution in [3.05, 3.63) is 54.1 Å². The monoisotopic (exact) mass is 744 g/mol. The first-order valence-electron chi connectivity index (χ1n) is 18.4. The van der Waals surface area contributed by atoms with Crippen molar-refractivity contribution in [1.29, 1.82) is 0 Å². The molecule has 0 aromatic heterocycles. The Labute approximate surface area is 307 Å². The van der Waals surface area contributed by atoms with E-state index in [0.717, 1.165) is 29.7 Å². The van der Waals surface area contributed by atoms with Crippen LogP contribution >= 0.6 is 0 Å². The van der Waals surface area contributed by atoms with Gasteiger partial charge in [0.15, 0.2) is 17.8 Å². The average molecular weight is 745 g/mol. The van der Waals surface area contributed by atoms with Crippen LogP contribution in [0.5, 0.6) is 11.5 Å². The van der Waals surface area contributed by atoms with Crippen molar-refractivity contribution in [2.75, 3.05) is 39.6 Å². The van der Waals surface area contributed by atoms with E-state index >= 15 is 0 Å². The van der Waals surface area contributed by atoms with Crippen molar-refractivity contribution >= 4 is 22.0 Å². The molecule has 52 heavy (non-hydrogen) atoms. The molecule has 3 aliphatic rings. The van der Waals surface area contributed by atoms with Crippen molar-refractivity contribution in [1.82, 2.24) is 14.5 Å². The number of hydrogen-bond donors (Lipinski definition) is 2. The number of hydrogen-bond acceptors (Lipinski definition) is 10. The second kappa shape index (κ2) is 17.6. The minimum Gasteiger partial charge on any atom is -0.530 e. The van der Waals surface area contributed by atoms with Gasteiger partial charge in [-0.25, -0.2) is 8.42 Å². The highest BCUT2D eigenvalue weighted by Gasteiger charge is 2.47. The Hall–Kier alpha value is -3.43. The molecule has 13 nitrogen and oxygen atoms in total. The normalized spacial score (nSPS) is 20.9. The molecule has 0 aliphatic carbocycles. The summed E-state index contributed by atoms with van der Waals surface area (Å²) in [6, 6.07) is 11.9. The number of carboxylic acid groups (broad SMARTS) is 1. The third-order valence-corrected chi connectivity index (χ3v) is 11.9. The zero-order valence-corrected chi connectivity index (χ0v) is 31.5. The predicted molar refractivity (Wildman–Crippen MR) is 191 cm³/mol. The van der Waals surface area contributed by atoms with Crippen LogP contribution in [0, 0.1) is 17.3 Å². The SMILES string of the molecule is CC(C)CC(=O)NCCCCCC(C)(C)CN(C[C@@H](O)[C@H](Cc1ccccc1)N(C(=O)[O-])[C@H]1CO[C@H]2OCC[C@H]21)S(=O)(=O)c1ccc2c(c1)OCO2. The van der Waals surface area contributed by atoms with Gasteiger partial charge in [-0.2, -0.15) is 4.31 Å². The van der Waals surface area contributed by atoms with Crippen LogP contribution in [-0.2, 0) is 30.7 Å². The smallest absolute Gasteiger partial charge is 0.243 e. The summed E-state index contributed by atoms with van der Waals surface area (Å²) in [6.45, 7) is 8.73. The maximum atomic E-state index is 14.5. The number of aliphatic hydroxyl groups is 1. The van der Waals surface area contributed by atoms with Crippen LogP contribution in [0.4, 0.5) is 4.79 Å². The van der Waals surface area contributed by atoms with Gasteiger partial charge in [0, 0.05) is 38.0 Å². The van der Waals surface area contributed by atoms with Gasteiger partial charge < -0.3 is 44.2 Å². The van der Waals surface area contributed by atoms with Gasteiger partial charge in [0.25, 0.3) is 0 Å². The first-order chi connectivity index (χ1) is 24.7. The van der Waals surface area contributed by atoms with Gasteiger partial charge in [0.2, 0.25) is 22.7 Å². The molecule has 5 atom stereocenters. The molecule has 0 spiro atoms. The zero-order chi connectivity index (χ0) is 37.5. The number of rotatable bonds is 19. The van der Waals surface area contributed by atoms with Gasteiger partial charge in [-0.05, 0) is 54.7 Å². The summed E-state index contributed by atoms with van der Waals surface area (Å²) in [5.74, 6) is 0.838. The molecule has 3 aliphatic heterocycles. The highest BCUT2D eigenvalue weighted by molar-refractivity contribution is 7.89. The number of sulfonamides is 1. The van der Waals surface area contributed by atoms with Crippen LogP contribution in [0.1, 0.15) is 71.8 Å². The van der Waals surface area contributed by atoms with E-state index in [2.05, 4.69) is 5.32 Å². The number of fused-ring (bicyclic) bond motifs is 2. The van der Waals surface area contributed by atoms with E-state index in [1.54, 1.807) is 6.07 Å². The topological polar surface area (TPSA) is 167 Å². The maximum absolute atomic E-state index is 14.5. The molecular formula is C38H54N3O10S-. The molecule has 14 heteroatoms. The first kappa shape index (κ1) is 39.8. The molecule has 2 amide bonds. The van der Waals surface area contributed by atoms with E-state index < -0.39 is 46.0 Å². The van der Waals surface area contributed by atoms with Gasteiger partial charge in [0.1, 0.15) is 6.09 Å². The van der Waals surface area contributed by atoms with Crippen molar-refractivity contribution < 1.29 is 47.2 Å². The Kier molecular flexibility index (Phi) is 13.5. The summed E-state index contributed by atoms with van der Waals surface area (Å²) < 4.78 is 52.6. The number of unbranched alkanes of at least 4 members (excludes halogenated alkanes) is 2. The molecular weight excluding hydrogens is 690 g/mol. The summed E-state index contributed by atoms with van der Waals surface area (Å²) in [4.78, 5) is 26.1. The Morgan fingerprint density at radius 1 is 1.04 bits per heavy atom. The summed E-state index contributed by atoms with van der Waals surface area (Å²) >= 11 is 0. The van der Waals surface area contributed by atoms with E-state index in [1.807, 2.05) is 58.0 Å². The molecule has 3 heterocycles. The van der Waals surface area contributed by atoms with E-state index in [4.69, 9.17) is 18.9 Å². The molecule has 0 unspecified atom stereocenters. The largest absolute Gasteiger partial charge is 0.530 e. The van der Waals surface area contributed by atoms with Gasteiger partial charge in [-0.15, -0.1) is 0 Å². The number of carbonyl (C=O) groups is 2. The van der Waals surface area contributed by atoms with Crippen LogP contribution in [0.15, 0.2) is 53.4 Å². The van der Waals surface area contributed by atoms with Crippen molar-refractivity contribution in [3.8, 4) is 11.5 Å². The summed E-state index contributed by atoms with van der Waals surface area (Å²) in [7, 11) is -4.23. The highest BCUT2D eigenvalue weighted by atomic mass is 32.2. The van der Waals surface area contributed by atoms with Gasteiger partial charge in [0.05, 0.1) is 36.3 Å². The molecule has 288 valence electrons.